The van der Waals surface area contributed by atoms with Crippen LogP contribution in [0.3, 0.4) is 0 Å². The van der Waals surface area contributed by atoms with Crippen LogP contribution in [0.5, 0.6) is 0 Å². The maximum Gasteiger partial charge on any atom is 0.416 e. The van der Waals surface area contributed by atoms with Gasteiger partial charge in [-0.3, -0.25) is 4.79 Å². The third-order valence-electron chi connectivity index (χ3n) is 6.12. The molecule has 1 aromatic heterocycles. The molecule has 0 atom stereocenters. The molecule has 2 aromatic rings. The summed E-state index contributed by atoms with van der Waals surface area (Å²) in [4.78, 5) is 21.0. The summed E-state index contributed by atoms with van der Waals surface area (Å²) in [5, 5.41) is 2.58. The van der Waals surface area contributed by atoms with E-state index in [1.165, 1.54) is 28.0 Å². The lowest BCUT2D eigenvalue weighted by atomic mass is 9.99. The van der Waals surface area contributed by atoms with Gasteiger partial charge in [0.2, 0.25) is 10.0 Å². The Bertz CT molecular complexity index is 1100. The number of piperidine rings is 1. The van der Waals surface area contributed by atoms with Gasteiger partial charge in [-0.25, -0.2) is 17.7 Å². The molecule has 2 aliphatic heterocycles. The highest BCUT2D eigenvalue weighted by Gasteiger charge is 2.32. The van der Waals surface area contributed by atoms with Gasteiger partial charge < -0.3 is 9.80 Å². The molecule has 7 nitrogen and oxygen atoms in total. The molecule has 2 fully saturated rings. The number of aromatic nitrogens is 1. The number of piperazine rings is 1. The molecule has 180 valence electrons. The first kappa shape index (κ1) is 24.0. The van der Waals surface area contributed by atoms with Crippen LogP contribution in [-0.2, 0) is 16.2 Å². The quantitative estimate of drug-likeness (QED) is 0.642. The number of carbonyl (C=O) groups is 1. The normalized spacial score (nSPS) is 19.2. The first-order valence-electron chi connectivity index (χ1n) is 10.6. The van der Waals surface area contributed by atoms with E-state index < -0.39 is 21.8 Å². The van der Waals surface area contributed by atoms with Gasteiger partial charge in [0.25, 0.3) is 5.91 Å². The Balaban J connectivity index is 1.34. The van der Waals surface area contributed by atoms with Gasteiger partial charge in [0.1, 0.15) is 5.69 Å². The largest absolute Gasteiger partial charge is 0.416 e. The van der Waals surface area contributed by atoms with Crippen LogP contribution >= 0.6 is 11.3 Å². The van der Waals surface area contributed by atoms with Gasteiger partial charge in [-0.15, -0.1) is 11.3 Å². The van der Waals surface area contributed by atoms with Crippen LogP contribution in [0.2, 0.25) is 0 Å². The topological polar surface area (TPSA) is 73.8 Å². The van der Waals surface area contributed by atoms with Gasteiger partial charge in [-0.05, 0) is 31.0 Å². The number of sulfonamides is 1. The van der Waals surface area contributed by atoms with E-state index in [-0.39, 0.29) is 11.8 Å². The Morgan fingerprint density at radius 1 is 1.09 bits per heavy atom. The fourth-order valence-electron chi connectivity index (χ4n) is 4.22. The zero-order valence-electron chi connectivity index (χ0n) is 18.1. The number of rotatable bonds is 4. The first-order valence-corrected chi connectivity index (χ1v) is 13.4. The molecule has 1 aromatic carbocycles. The predicted molar refractivity (Wildman–Crippen MR) is 120 cm³/mol. The SMILES string of the molecule is CS(=O)(=O)N1CCC(c2nc(C(=O)N3CCN(c4cccc(C(F)(F)F)c4)CC3)cs2)CC1. The van der Waals surface area contributed by atoms with Crippen molar-refractivity contribution in [1.29, 1.82) is 0 Å². The molecule has 0 N–H and O–H groups in total. The monoisotopic (exact) mass is 502 g/mol. The molecule has 0 aliphatic carbocycles. The van der Waals surface area contributed by atoms with E-state index >= 15 is 0 Å². The molecular weight excluding hydrogens is 477 g/mol. The Morgan fingerprint density at radius 2 is 1.76 bits per heavy atom. The Labute approximate surface area is 194 Å². The lowest BCUT2D eigenvalue weighted by Crippen LogP contribution is -2.49. The number of amides is 1. The number of thiazole rings is 1. The van der Waals surface area contributed by atoms with Crippen molar-refractivity contribution >= 4 is 33.0 Å². The van der Waals surface area contributed by atoms with Crippen LogP contribution in [0, 0.1) is 0 Å². The van der Waals surface area contributed by atoms with E-state index in [1.54, 1.807) is 16.3 Å². The second-order valence-corrected chi connectivity index (χ2v) is 11.2. The minimum atomic E-state index is -4.39. The van der Waals surface area contributed by atoms with E-state index in [4.69, 9.17) is 0 Å². The molecule has 33 heavy (non-hydrogen) atoms. The molecule has 12 heteroatoms. The van der Waals surface area contributed by atoms with Crippen LogP contribution in [-0.4, -0.2) is 74.0 Å². The molecule has 3 heterocycles. The molecule has 0 spiro atoms. The van der Waals surface area contributed by atoms with Crippen molar-refractivity contribution in [2.24, 2.45) is 0 Å². The van der Waals surface area contributed by atoms with Gasteiger partial charge in [0.15, 0.2) is 0 Å². The van der Waals surface area contributed by atoms with Gasteiger partial charge in [0, 0.05) is 56.3 Å². The van der Waals surface area contributed by atoms with Gasteiger partial charge >= 0.3 is 6.18 Å². The van der Waals surface area contributed by atoms with E-state index in [2.05, 4.69) is 4.98 Å². The second-order valence-electron chi connectivity index (χ2n) is 8.33. The van der Waals surface area contributed by atoms with Gasteiger partial charge in [0.05, 0.1) is 16.8 Å². The van der Waals surface area contributed by atoms with Gasteiger partial charge in [-0.1, -0.05) is 6.07 Å². The fraction of sp³-hybridized carbons (Fsp3) is 0.524. The predicted octanol–water partition coefficient (Wildman–Crippen LogP) is 3.26. The molecule has 2 saturated heterocycles. The highest BCUT2D eigenvalue weighted by Crippen LogP contribution is 2.33. The van der Waals surface area contributed by atoms with Crippen molar-refractivity contribution in [3.8, 4) is 0 Å². The lowest BCUT2D eigenvalue weighted by molar-refractivity contribution is -0.137. The maximum atomic E-state index is 13.0. The number of hydrogen-bond acceptors (Lipinski definition) is 6. The zero-order valence-corrected chi connectivity index (χ0v) is 19.7. The summed E-state index contributed by atoms with van der Waals surface area (Å²) in [7, 11) is -3.19. The second kappa shape index (κ2) is 9.22. The standard InChI is InChI=1S/C21H25F3N4O3S2/c1-33(30,31)28-7-5-15(6-8-28)19-25-18(14-32-19)20(29)27-11-9-26(10-12-27)17-4-2-3-16(13-17)21(22,23)24/h2-4,13-15H,5-12H2,1H3. The van der Waals surface area contributed by atoms with Crippen molar-refractivity contribution in [2.75, 3.05) is 50.4 Å². The Morgan fingerprint density at radius 3 is 2.36 bits per heavy atom. The maximum absolute atomic E-state index is 13.0. The molecule has 0 radical (unpaired) electrons. The number of nitrogens with zero attached hydrogens (tertiary/aromatic N) is 4. The van der Waals surface area contributed by atoms with Crippen LogP contribution in [0.1, 0.15) is 39.8 Å². The van der Waals surface area contributed by atoms with E-state index in [1.807, 2.05) is 4.90 Å². The third kappa shape index (κ3) is 5.49. The first-order chi connectivity index (χ1) is 15.5. The highest BCUT2D eigenvalue weighted by atomic mass is 32.2. The summed E-state index contributed by atoms with van der Waals surface area (Å²) in [5.41, 5.74) is 0.178. The Hall–Kier alpha value is -2.18. The summed E-state index contributed by atoms with van der Waals surface area (Å²) in [6, 6.07) is 5.23. The molecule has 0 bridgehead atoms. The number of anilines is 1. The van der Waals surface area contributed by atoms with Gasteiger partial charge in [-0.2, -0.15) is 13.2 Å². The number of halogens is 3. The Kier molecular flexibility index (Phi) is 6.70. The van der Waals surface area contributed by atoms with Crippen molar-refractivity contribution < 1.29 is 26.4 Å². The van der Waals surface area contributed by atoms with E-state index in [0.29, 0.717) is 63.5 Å². The van der Waals surface area contributed by atoms with Crippen LogP contribution in [0.25, 0.3) is 0 Å². The number of alkyl halides is 3. The summed E-state index contributed by atoms with van der Waals surface area (Å²) >= 11 is 1.41. The number of benzene rings is 1. The molecule has 4 rings (SSSR count). The third-order valence-corrected chi connectivity index (χ3v) is 8.43. The number of carbonyl (C=O) groups excluding carboxylic acids is 1. The van der Waals surface area contributed by atoms with Crippen LogP contribution in [0.4, 0.5) is 18.9 Å². The molecule has 2 aliphatic rings. The average molecular weight is 503 g/mol. The zero-order chi connectivity index (χ0) is 23.8. The summed E-state index contributed by atoms with van der Waals surface area (Å²) < 4.78 is 63.8. The summed E-state index contributed by atoms with van der Waals surface area (Å²) in [6.07, 6.45) is -1.84. The average Bonchev–Trinajstić information content (AvgIpc) is 3.28. The van der Waals surface area contributed by atoms with E-state index in [9.17, 15) is 26.4 Å². The molecule has 0 unspecified atom stereocenters. The minimum Gasteiger partial charge on any atom is -0.368 e. The fourth-order valence-corrected chi connectivity index (χ4v) is 6.06. The van der Waals surface area contributed by atoms with Crippen LogP contribution in [0.15, 0.2) is 29.6 Å². The van der Waals surface area contributed by atoms with Crippen molar-refractivity contribution in [2.45, 2.75) is 24.9 Å². The summed E-state index contributed by atoms with van der Waals surface area (Å²) in [5.74, 6) is -0.0536. The highest BCUT2D eigenvalue weighted by molar-refractivity contribution is 7.88. The van der Waals surface area contributed by atoms with Crippen molar-refractivity contribution in [3.63, 3.8) is 0 Å². The van der Waals surface area contributed by atoms with Crippen molar-refractivity contribution in [3.05, 3.63) is 45.9 Å². The van der Waals surface area contributed by atoms with Crippen molar-refractivity contribution in [1.82, 2.24) is 14.2 Å². The molecule has 1 amide bonds. The van der Waals surface area contributed by atoms with Crippen LogP contribution < -0.4 is 4.90 Å². The smallest absolute Gasteiger partial charge is 0.368 e. The lowest BCUT2D eigenvalue weighted by Gasteiger charge is -2.36. The molecular formula is C21H25F3N4O3S2. The summed E-state index contributed by atoms with van der Waals surface area (Å²) in [6.45, 7) is 2.57. The minimum absolute atomic E-state index is 0.132. The number of hydrogen-bond donors (Lipinski definition) is 0. The van der Waals surface area contributed by atoms with E-state index in [0.717, 1.165) is 17.1 Å². The molecule has 0 saturated carbocycles.